The monoisotopic (exact) mass is 250 g/mol. The normalized spacial score (nSPS) is 42.5. The van der Waals surface area contributed by atoms with Crippen molar-refractivity contribution in [3.63, 3.8) is 0 Å². The second-order valence-electron chi connectivity index (χ2n) is 7.03. The fourth-order valence-electron chi connectivity index (χ4n) is 4.48. The summed E-state index contributed by atoms with van der Waals surface area (Å²) in [4.78, 5) is 2.77. The van der Waals surface area contributed by atoms with E-state index in [0.717, 1.165) is 23.8 Å². The molecule has 0 aromatic heterocycles. The maximum Gasteiger partial charge on any atom is 0.0220 e. The van der Waals surface area contributed by atoms with E-state index in [2.05, 4.69) is 17.1 Å². The van der Waals surface area contributed by atoms with Gasteiger partial charge in [-0.05, 0) is 56.5 Å². The van der Waals surface area contributed by atoms with Crippen molar-refractivity contribution in [1.29, 1.82) is 0 Å². The highest BCUT2D eigenvalue weighted by atomic mass is 15.2. The fraction of sp³-hybridized carbons (Fsp3) is 1.00. The Kier molecular flexibility index (Phi) is 4.25. The lowest BCUT2D eigenvalue weighted by molar-refractivity contribution is 0.0710. The lowest BCUT2D eigenvalue weighted by Gasteiger charge is -2.43. The van der Waals surface area contributed by atoms with E-state index in [1.165, 1.54) is 71.1 Å². The largest absolute Gasteiger partial charge is 0.312 e. The average molecular weight is 250 g/mol. The summed E-state index contributed by atoms with van der Waals surface area (Å²) in [5, 5.41) is 3.75. The van der Waals surface area contributed by atoms with E-state index in [1.807, 2.05) is 0 Å². The molecule has 2 nitrogen and oxygen atoms in total. The summed E-state index contributed by atoms with van der Waals surface area (Å²) in [5.74, 6) is 2.99. The van der Waals surface area contributed by atoms with Crippen LogP contribution in [-0.4, -0.2) is 37.1 Å². The van der Waals surface area contributed by atoms with E-state index < -0.39 is 0 Å². The molecule has 0 bridgehead atoms. The predicted molar refractivity (Wildman–Crippen MR) is 76.7 cm³/mol. The van der Waals surface area contributed by atoms with Crippen LogP contribution in [0.15, 0.2) is 0 Å². The number of rotatable bonds is 2. The van der Waals surface area contributed by atoms with E-state index in [9.17, 15) is 0 Å². The van der Waals surface area contributed by atoms with Gasteiger partial charge in [0.25, 0.3) is 0 Å². The van der Waals surface area contributed by atoms with Gasteiger partial charge in [-0.3, -0.25) is 0 Å². The lowest BCUT2D eigenvalue weighted by Crippen LogP contribution is -2.51. The number of likely N-dealkylation sites (tertiary alicyclic amines) is 1. The van der Waals surface area contributed by atoms with E-state index >= 15 is 0 Å². The van der Waals surface area contributed by atoms with Crippen LogP contribution in [0.25, 0.3) is 0 Å². The summed E-state index contributed by atoms with van der Waals surface area (Å²) >= 11 is 0. The molecule has 1 saturated carbocycles. The van der Waals surface area contributed by atoms with Crippen LogP contribution in [0, 0.1) is 17.8 Å². The minimum Gasteiger partial charge on any atom is -0.312 e. The number of fused-ring (bicyclic) bond motifs is 1. The van der Waals surface area contributed by atoms with Gasteiger partial charge in [0.15, 0.2) is 0 Å². The molecule has 18 heavy (non-hydrogen) atoms. The van der Waals surface area contributed by atoms with Gasteiger partial charge in [0.2, 0.25) is 0 Å². The first kappa shape index (κ1) is 12.9. The Morgan fingerprint density at radius 3 is 2.67 bits per heavy atom. The van der Waals surface area contributed by atoms with Gasteiger partial charge in [0.1, 0.15) is 0 Å². The Balaban J connectivity index is 1.51. The van der Waals surface area contributed by atoms with Gasteiger partial charge < -0.3 is 10.2 Å². The molecule has 3 rings (SSSR count). The Morgan fingerprint density at radius 1 is 1.00 bits per heavy atom. The Hall–Kier alpha value is -0.0800. The molecule has 4 unspecified atom stereocenters. The predicted octanol–water partition coefficient (Wildman–Crippen LogP) is 2.89. The third kappa shape index (κ3) is 2.91. The topological polar surface area (TPSA) is 15.3 Å². The molecule has 2 aliphatic heterocycles. The van der Waals surface area contributed by atoms with Gasteiger partial charge in [-0.25, -0.2) is 0 Å². The summed E-state index contributed by atoms with van der Waals surface area (Å²) in [6, 6.07) is 0.763. The van der Waals surface area contributed by atoms with Crippen molar-refractivity contribution in [1.82, 2.24) is 10.2 Å². The van der Waals surface area contributed by atoms with Crippen molar-refractivity contribution in [2.75, 3.05) is 26.2 Å². The first-order valence-electron chi connectivity index (χ1n) is 8.28. The van der Waals surface area contributed by atoms with E-state index in [0.29, 0.717) is 0 Å². The van der Waals surface area contributed by atoms with Gasteiger partial charge >= 0.3 is 0 Å². The third-order valence-corrected chi connectivity index (χ3v) is 5.76. The molecule has 3 aliphatic rings. The number of nitrogens with one attached hydrogen (secondary N) is 1. The Morgan fingerprint density at radius 2 is 1.83 bits per heavy atom. The van der Waals surface area contributed by atoms with Gasteiger partial charge in [0, 0.05) is 19.1 Å². The highest BCUT2D eigenvalue weighted by molar-refractivity contribution is 4.87. The van der Waals surface area contributed by atoms with Crippen LogP contribution in [0.4, 0.5) is 0 Å². The summed E-state index contributed by atoms with van der Waals surface area (Å²) in [5.41, 5.74) is 0. The molecule has 0 radical (unpaired) electrons. The number of nitrogens with zero attached hydrogens (tertiary/aromatic N) is 1. The summed E-state index contributed by atoms with van der Waals surface area (Å²) in [6.45, 7) is 7.76. The highest BCUT2D eigenvalue weighted by Gasteiger charge is 2.32. The molecule has 0 amide bonds. The number of piperidine rings is 2. The molecule has 1 N–H and O–H groups in total. The zero-order valence-corrected chi connectivity index (χ0v) is 12.0. The van der Waals surface area contributed by atoms with Crippen LogP contribution < -0.4 is 5.32 Å². The van der Waals surface area contributed by atoms with Crippen molar-refractivity contribution >= 4 is 0 Å². The quantitative estimate of drug-likeness (QED) is 0.810. The smallest absolute Gasteiger partial charge is 0.0220 e. The second kappa shape index (κ2) is 5.92. The van der Waals surface area contributed by atoms with Gasteiger partial charge in [0.05, 0.1) is 0 Å². The zero-order valence-electron chi connectivity index (χ0n) is 12.0. The minimum atomic E-state index is 0.763. The SMILES string of the molecule is CC1CCCNC1CN1CCC2CCCCC2C1. The molecule has 2 heterocycles. The molecule has 2 heteroatoms. The summed E-state index contributed by atoms with van der Waals surface area (Å²) < 4.78 is 0. The second-order valence-corrected chi connectivity index (χ2v) is 7.03. The van der Waals surface area contributed by atoms with Gasteiger partial charge in [-0.15, -0.1) is 0 Å². The first-order valence-corrected chi connectivity index (χ1v) is 8.28. The number of hydrogen-bond acceptors (Lipinski definition) is 2. The van der Waals surface area contributed by atoms with E-state index in [4.69, 9.17) is 0 Å². The van der Waals surface area contributed by atoms with Crippen molar-refractivity contribution in [3.8, 4) is 0 Å². The van der Waals surface area contributed by atoms with Gasteiger partial charge in [-0.2, -0.15) is 0 Å². The summed E-state index contributed by atoms with van der Waals surface area (Å²) in [7, 11) is 0. The highest BCUT2D eigenvalue weighted by Crippen LogP contribution is 2.36. The zero-order chi connectivity index (χ0) is 12.4. The van der Waals surface area contributed by atoms with Crippen LogP contribution in [-0.2, 0) is 0 Å². The van der Waals surface area contributed by atoms with Crippen LogP contribution >= 0.6 is 0 Å². The van der Waals surface area contributed by atoms with E-state index in [-0.39, 0.29) is 0 Å². The summed E-state index contributed by atoms with van der Waals surface area (Å²) in [6.07, 6.45) is 10.3. The maximum atomic E-state index is 3.75. The molecule has 0 aromatic rings. The molecular formula is C16H30N2. The minimum absolute atomic E-state index is 0.763. The fourth-order valence-corrected chi connectivity index (χ4v) is 4.48. The van der Waals surface area contributed by atoms with Crippen molar-refractivity contribution in [3.05, 3.63) is 0 Å². The third-order valence-electron chi connectivity index (χ3n) is 5.76. The van der Waals surface area contributed by atoms with Crippen molar-refractivity contribution < 1.29 is 0 Å². The number of hydrogen-bond donors (Lipinski definition) is 1. The van der Waals surface area contributed by atoms with Crippen molar-refractivity contribution in [2.45, 2.75) is 57.9 Å². The molecule has 4 atom stereocenters. The van der Waals surface area contributed by atoms with Crippen LogP contribution in [0.3, 0.4) is 0 Å². The van der Waals surface area contributed by atoms with Crippen LogP contribution in [0.5, 0.6) is 0 Å². The standard InChI is InChI=1S/C16H30N2/c1-13-5-4-9-17-16(13)12-18-10-8-14-6-2-3-7-15(14)11-18/h13-17H,2-12H2,1H3. The van der Waals surface area contributed by atoms with Crippen molar-refractivity contribution in [2.24, 2.45) is 17.8 Å². The molecule has 3 fully saturated rings. The average Bonchev–Trinajstić information content (AvgIpc) is 2.41. The maximum absolute atomic E-state index is 3.75. The Labute approximate surface area is 113 Å². The molecule has 1 aliphatic carbocycles. The van der Waals surface area contributed by atoms with Crippen LogP contribution in [0.2, 0.25) is 0 Å². The molecular weight excluding hydrogens is 220 g/mol. The molecule has 0 spiro atoms. The lowest BCUT2D eigenvalue weighted by atomic mass is 9.75. The van der Waals surface area contributed by atoms with Gasteiger partial charge in [-0.1, -0.05) is 26.2 Å². The molecule has 0 aromatic carbocycles. The molecule has 104 valence electrons. The molecule has 2 saturated heterocycles. The van der Waals surface area contributed by atoms with E-state index in [1.54, 1.807) is 0 Å². The first-order chi connectivity index (χ1) is 8.83. The Bertz CT molecular complexity index is 266. The van der Waals surface area contributed by atoms with Crippen LogP contribution in [0.1, 0.15) is 51.9 Å².